The van der Waals surface area contributed by atoms with Crippen LogP contribution in [0.2, 0.25) is 0 Å². The zero-order chi connectivity index (χ0) is 20.9. The van der Waals surface area contributed by atoms with Crippen LogP contribution in [0.5, 0.6) is 0 Å². The number of aromatic amines is 1. The first-order chi connectivity index (χ1) is 14.7. The Hall–Kier alpha value is -2.34. The molecule has 2 saturated heterocycles. The molecule has 0 saturated carbocycles. The summed E-state index contributed by atoms with van der Waals surface area (Å²) in [4.78, 5) is 33.2. The van der Waals surface area contributed by atoms with Crippen LogP contribution >= 0.6 is 0 Å². The SMILES string of the molecule is COCCN1CCCC[C@H](C2CCN(C(=O)Cc3c[nH]c4ccccc34)CC2)C1=O. The minimum Gasteiger partial charge on any atom is -0.383 e. The minimum absolute atomic E-state index is 0.107. The molecule has 0 aliphatic carbocycles. The summed E-state index contributed by atoms with van der Waals surface area (Å²) in [6.45, 7) is 3.65. The van der Waals surface area contributed by atoms with Crippen molar-refractivity contribution in [1.82, 2.24) is 14.8 Å². The molecular formula is C24H33N3O3. The van der Waals surface area contributed by atoms with Crippen molar-refractivity contribution in [3.8, 4) is 0 Å². The van der Waals surface area contributed by atoms with Gasteiger partial charge >= 0.3 is 0 Å². The number of carbonyl (C=O) groups is 2. The van der Waals surface area contributed by atoms with Crippen molar-refractivity contribution in [3.05, 3.63) is 36.0 Å². The lowest BCUT2D eigenvalue weighted by Crippen LogP contribution is -2.45. The largest absolute Gasteiger partial charge is 0.383 e. The quantitative estimate of drug-likeness (QED) is 0.794. The Bertz CT molecular complexity index is 869. The number of nitrogens with one attached hydrogen (secondary N) is 1. The van der Waals surface area contributed by atoms with Gasteiger partial charge in [0.1, 0.15) is 0 Å². The molecule has 6 nitrogen and oxygen atoms in total. The number of para-hydroxylation sites is 1. The summed E-state index contributed by atoms with van der Waals surface area (Å²) in [6, 6.07) is 8.11. The number of piperidine rings is 1. The van der Waals surface area contributed by atoms with Gasteiger partial charge in [0, 0.05) is 56.3 Å². The number of H-pyrrole nitrogens is 1. The van der Waals surface area contributed by atoms with Crippen LogP contribution in [0.1, 0.15) is 37.7 Å². The number of carbonyl (C=O) groups excluding carboxylic acids is 2. The fraction of sp³-hybridized carbons (Fsp3) is 0.583. The maximum atomic E-state index is 13.1. The van der Waals surface area contributed by atoms with Gasteiger partial charge in [0.05, 0.1) is 13.0 Å². The number of rotatable bonds is 6. The van der Waals surface area contributed by atoms with E-state index in [4.69, 9.17) is 4.74 Å². The second kappa shape index (κ2) is 9.65. The molecule has 2 fully saturated rings. The number of nitrogens with zero attached hydrogens (tertiary/aromatic N) is 2. The van der Waals surface area contributed by atoms with Crippen molar-refractivity contribution in [3.63, 3.8) is 0 Å². The zero-order valence-corrected chi connectivity index (χ0v) is 17.9. The third kappa shape index (κ3) is 4.53. The number of benzene rings is 1. The van der Waals surface area contributed by atoms with Crippen molar-refractivity contribution < 1.29 is 14.3 Å². The number of hydrogen-bond donors (Lipinski definition) is 1. The van der Waals surface area contributed by atoms with Crippen molar-refractivity contribution in [2.24, 2.45) is 11.8 Å². The van der Waals surface area contributed by atoms with Crippen LogP contribution in [0.3, 0.4) is 0 Å². The van der Waals surface area contributed by atoms with Gasteiger partial charge < -0.3 is 19.5 Å². The van der Waals surface area contributed by atoms with Crippen LogP contribution in [0.15, 0.2) is 30.5 Å². The van der Waals surface area contributed by atoms with Gasteiger partial charge in [-0.1, -0.05) is 24.6 Å². The topological polar surface area (TPSA) is 65.6 Å². The van der Waals surface area contributed by atoms with Crippen LogP contribution < -0.4 is 0 Å². The molecule has 0 radical (unpaired) electrons. The number of amides is 2. The second-order valence-electron chi connectivity index (χ2n) is 8.67. The molecule has 30 heavy (non-hydrogen) atoms. The van der Waals surface area contributed by atoms with Crippen molar-refractivity contribution in [1.29, 1.82) is 0 Å². The van der Waals surface area contributed by atoms with Crippen LogP contribution in [-0.4, -0.2) is 66.5 Å². The normalized spacial score (nSPS) is 21.2. The second-order valence-corrected chi connectivity index (χ2v) is 8.67. The summed E-state index contributed by atoms with van der Waals surface area (Å²) >= 11 is 0. The Labute approximate surface area is 178 Å². The minimum atomic E-state index is 0.107. The molecule has 3 heterocycles. The lowest BCUT2D eigenvalue weighted by Gasteiger charge is -2.36. The maximum Gasteiger partial charge on any atom is 0.227 e. The van der Waals surface area contributed by atoms with Crippen LogP contribution in [-0.2, 0) is 20.7 Å². The zero-order valence-electron chi connectivity index (χ0n) is 17.9. The van der Waals surface area contributed by atoms with Gasteiger partial charge in [-0.15, -0.1) is 0 Å². The fourth-order valence-electron chi connectivity index (χ4n) is 5.10. The Kier molecular flexibility index (Phi) is 6.72. The van der Waals surface area contributed by atoms with E-state index in [0.717, 1.165) is 68.2 Å². The molecule has 4 rings (SSSR count). The molecule has 0 spiro atoms. The summed E-state index contributed by atoms with van der Waals surface area (Å²) in [5.41, 5.74) is 2.13. The summed E-state index contributed by atoms with van der Waals surface area (Å²) < 4.78 is 5.18. The van der Waals surface area contributed by atoms with Gasteiger partial charge in [-0.3, -0.25) is 9.59 Å². The smallest absolute Gasteiger partial charge is 0.227 e. The third-order valence-corrected chi connectivity index (χ3v) is 6.87. The Morgan fingerprint density at radius 1 is 1.13 bits per heavy atom. The van der Waals surface area contributed by atoms with E-state index in [1.807, 2.05) is 34.2 Å². The van der Waals surface area contributed by atoms with Crippen LogP contribution in [0.4, 0.5) is 0 Å². The maximum absolute atomic E-state index is 13.1. The van der Waals surface area contributed by atoms with E-state index in [2.05, 4.69) is 11.1 Å². The molecule has 0 unspecified atom stereocenters. The van der Waals surface area contributed by atoms with Crippen molar-refractivity contribution in [2.75, 3.05) is 39.9 Å². The molecule has 2 aliphatic heterocycles. The molecule has 1 aromatic heterocycles. The lowest BCUT2D eigenvalue weighted by atomic mass is 9.81. The number of aromatic nitrogens is 1. The Morgan fingerprint density at radius 3 is 2.73 bits per heavy atom. The molecule has 1 N–H and O–H groups in total. The van der Waals surface area contributed by atoms with Crippen molar-refractivity contribution in [2.45, 2.75) is 38.5 Å². The first kappa shape index (κ1) is 20.9. The molecule has 2 aliphatic rings. The predicted octanol–water partition coefficient (Wildman–Crippen LogP) is 3.22. The first-order valence-electron chi connectivity index (χ1n) is 11.3. The summed E-state index contributed by atoms with van der Waals surface area (Å²) in [7, 11) is 1.68. The third-order valence-electron chi connectivity index (χ3n) is 6.87. The van der Waals surface area contributed by atoms with Gasteiger partial charge in [-0.05, 0) is 43.2 Å². The Balaban J connectivity index is 1.33. The molecule has 162 valence electrons. The number of methoxy groups -OCH3 is 1. The number of fused-ring (bicyclic) bond motifs is 1. The van der Waals surface area contributed by atoms with Gasteiger partial charge in [0.2, 0.25) is 11.8 Å². The Morgan fingerprint density at radius 2 is 1.93 bits per heavy atom. The molecule has 2 aromatic rings. The fourth-order valence-corrected chi connectivity index (χ4v) is 5.10. The van der Waals surface area contributed by atoms with Gasteiger partial charge in [-0.25, -0.2) is 0 Å². The monoisotopic (exact) mass is 411 g/mol. The van der Waals surface area contributed by atoms with E-state index < -0.39 is 0 Å². The predicted molar refractivity (Wildman–Crippen MR) is 117 cm³/mol. The highest BCUT2D eigenvalue weighted by atomic mass is 16.5. The molecule has 1 atom stereocenters. The molecule has 2 amide bonds. The number of likely N-dealkylation sites (tertiary alicyclic amines) is 2. The van der Waals surface area contributed by atoms with Crippen LogP contribution in [0.25, 0.3) is 10.9 Å². The van der Waals surface area contributed by atoms with E-state index in [-0.39, 0.29) is 11.8 Å². The van der Waals surface area contributed by atoms with E-state index >= 15 is 0 Å². The first-order valence-corrected chi connectivity index (χ1v) is 11.3. The number of ether oxygens (including phenoxy) is 1. The van der Waals surface area contributed by atoms with E-state index in [1.54, 1.807) is 7.11 Å². The molecule has 6 heteroatoms. The highest BCUT2D eigenvalue weighted by Gasteiger charge is 2.35. The van der Waals surface area contributed by atoms with E-state index in [0.29, 0.717) is 31.4 Å². The highest BCUT2D eigenvalue weighted by molar-refractivity contribution is 5.89. The van der Waals surface area contributed by atoms with Gasteiger partial charge in [0.15, 0.2) is 0 Å². The highest BCUT2D eigenvalue weighted by Crippen LogP contribution is 2.32. The molecule has 1 aromatic carbocycles. The summed E-state index contributed by atoms with van der Waals surface area (Å²) in [5.74, 6) is 0.980. The van der Waals surface area contributed by atoms with Crippen molar-refractivity contribution >= 4 is 22.7 Å². The van der Waals surface area contributed by atoms with Gasteiger partial charge in [-0.2, -0.15) is 0 Å². The average Bonchev–Trinajstić information content (AvgIpc) is 3.08. The number of hydrogen-bond acceptors (Lipinski definition) is 3. The summed E-state index contributed by atoms with van der Waals surface area (Å²) in [5, 5.41) is 1.13. The lowest BCUT2D eigenvalue weighted by molar-refractivity contribution is -0.138. The van der Waals surface area contributed by atoms with E-state index in [1.165, 1.54) is 0 Å². The summed E-state index contributed by atoms with van der Waals surface area (Å²) in [6.07, 6.45) is 7.40. The average molecular weight is 412 g/mol. The molecular weight excluding hydrogens is 378 g/mol. The standard InChI is InChI=1S/C24H33N3O3/c1-30-15-14-27-11-5-4-7-21(24(27)29)18-9-12-26(13-10-18)23(28)16-19-17-25-22-8-3-2-6-20(19)22/h2-3,6,8,17-18,21,25H,4-5,7,9-16H2,1H3/t21-/m1/s1. The van der Waals surface area contributed by atoms with E-state index in [9.17, 15) is 9.59 Å². The van der Waals surface area contributed by atoms with Crippen LogP contribution in [0, 0.1) is 11.8 Å². The molecule has 0 bridgehead atoms. The van der Waals surface area contributed by atoms with Gasteiger partial charge in [0.25, 0.3) is 0 Å².